The van der Waals surface area contributed by atoms with E-state index in [1.165, 1.54) is 36.2 Å². The molecular weight excluding hydrogens is 513 g/mol. The fourth-order valence-corrected chi connectivity index (χ4v) is 4.30. The van der Waals surface area contributed by atoms with Gasteiger partial charge in [0.05, 0.1) is 12.8 Å². The van der Waals surface area contributed by atoms with Crippen LogP contribution in [0.1, 0.15) is 22.7 Å². The predicted octanol–water partition coefficient (Wildman–Crippen LogP) is 2.83. The second-order valence-electron chi connectivity index (χ2n) is 8.89. The lowest BCUT2D eigenvalue weighted by molar-refractivity contribution is -0.141. The van der Waals surface area contributed by atoms with Crippen LogP contribution in [0.2, 0.25) is 0 Å². The number of hydrogen-bond donors (Lipinski definition) is 1. The summed E-state index contributed by atoms with van der Waals surface area (Å²) in [6.45, 7) is -0.239. The highest BCUT2D eigenvalue weighted by molar-refractivity contribution is 7.88. The van der Waals surface area contributed by atoms with E-state index in [1.54, 1.807) is 48.5 Å². The Balaban J connectivity index is 1.64. The zero-order chi connectivity index (χ0) is 27.3. The van der Waals surface area contributed by atoms with Crippen LogP contribution in [-0.4, -0.2) is 56.1 Å². The topological polar surface area (TPSA) is 105 Å². The second kappa shape index (κ2) is 11.6. The zero-order valence-corrected chi connectivity index (χ0v) is 21.8. The van der Waals surface area contributed by atoms with Crippen LogP contribution in [0.3, 0.4) is 0 Å². The molecule has 0 saturated carbocycles. The number of amides is 2. The van der Waals surface area contributed by atoms with Crippen LogP contribution in [0, 0.1) is 5.82 Å². The van der Waals surface area contributed by atoms with Gasteiger partial charge in [0, 0.05) is 20.1 Å². The normalized spacial score (nSPS) is 13.3. The summed E-state index contributed by atoms with van der Waals surface area (Å²) in [4.78, 5) is 28.5. The Kier molecular flexibility index (Phi) is 8.28. The van der Waals surface area contributed by atoms with E-state index in [-0.39, 0.29) is 19.9 Å². The van der Waals surface area contributed by atoms with Gasteiger partial charge in [-0.05, 0) is 41.0 Å². The van der Waals surface area contributed by atoms with Crippen LogP contribution in [0.4, 0.5) is 4.39 Å². The third-order valence-corrected chi connectivity index (χ3v) is 7.35. The highest BCUT2D eigenvalue weighted by atomic mass is 32.2. The molecule has 1 aliphatic heterocycles. The maximum absolute atomic E-state index is 13.7. The van der Waals surface area contributed by atoms with Crippen LogP contribution in [0.15, 0.2) is 72.8 Å². The molecule has 0 spiro atoms. The zero-order valence-electron chi connectivity index (χ0n) is 21.0. The minimum atomic E-state index is -3.66. The van der Waals surface area contributed by atoms with Gasteiger partial charge in [0.15, 0.2) is 11.5 Å². The van der Waals surface area contributed by atoms with E-state index < -0.39 is 40.2 Å². The minimum Gasteiger partial charge on any atom is -0.454 e. The average Bonchev–Trinajstić information content (AvgIpc) is 3.36. The molecule has 9 nitrogen and oxygen atoms in total. The Labute approximate surface area is 220 Å². The van der Waals surface area contributed by atoms with E-state index >= 15 is 0 Å². The molecule has 3 aromatic rings. The van der Waals surface area contributed by atoms with E-state index in [0.29, 0.717) is 22.6 Å². The summed E-state index contributed by atoms with van der Waals surface area (Å²) in [5, 5.41) is 2.88. The Morgan fingerprint density at radius 2 is 1.63 bits per heavy atom. The molecule has 0 radical (unpaired) electrons. The predicted molar refractivity (Wildman–Crippen MR) is 138 cm³/mol. The Morgan fingerprint density at radius 3 is 2.32 bits per heavy atom. The van der Waals surface area contributed by atoms with E-state index in [0.717, 1.165) is 16.1 Å². The number of nitrogens with zero attached hydrogens (tertiary/aromatic N) is 2. The third-order valence-electron chi connectivity index (χ3n) is 6.09. The van der Waals surface area contributed by atoms with Crippen molar-refractivity contribution in [2.45, 2.75) is 19.1 Å². The summed E-state index contributed by atoms with van der Waals surface area (Å²) in [5.41, 5.74) is 1.88. The molecule has 1 heterocycles. The number of likely N-dealkylation sites (N-methyl/N-ethyl adjacent to an activating group) is 1. The fraction of sp³-hybridized carbons (Fsp3) is 0.259. The molecule has 0 aliphatic carbocycles. The van der Waals surface area contributed by atoms with Gasteiger partial charge < -0.3 is 19.7 Å². The first kappa shape index (κ1) is 27.1. The number of sulfonamides is 1. The van der Waals surface area contributed by atoms with Gasteiger partial charge in [-0.3, -0.25) is 9.59 Å². The molecule has 38 heavy (non-hydrogen) atoms. The molecule has 0 fully saturated rings. The van der Waals surface area contributed by atoms with Crippen LogP contribution in [-0.2, 0) is 32.7 Å². The number of ether oxygens (including phenoxy) is 2. The number of carbonyl (C=O) groups excluding carboxylic acids is 2. The molecular formula is C27H28FN3O6S. The molecule has 0 bridgehead atoms. The largest absolute Gasteiger partial charge is 0.454 e. The number of carbonyl (C=O) groups is 2. The van der Waals surface area contributed by atoms with Gasteiger partial charge in [-0.15, -0.1) is 0 Å². The van der Waals surface area contributed by atoms with Crippen molar-refractivity contribution in [3.63, 3.8) is 0 Å². The van der Waals surface area contributed by atoms with E-state index in [4.69, 9.17) is 9.47 Å². The summed E-state index contributed by atoms with van der Waals surface area (Å²) >= 11 is 0. The van der Waals surface area contributed by atoms with Crippen molar-refractivity contribution in [2.75, 3.05) is 26.6 Å². The molecule has 11 heteroatoms. The smallest absolute Gasteiger partial charge is 0.247 e. The van der Waals surface area contributed by atoms with E-state index in [9.17, 15) is 22.4 Å². The van der Waals surface area contributed by atoms with Gasteiger partial charge in [0.25, 0.3) is 0 Å². The van der Waals surface area contributed by atoms with Gasteiger partial charge in [-0.2, -0.15) is 4.31 Å². The number of benzene rings is 3. The van der Waals surface area contributed by atoms with Crippen molar-refractivity contribution in [3.05, 3.63) is 95.3 Å². The Bertz CT molecular complexity index is 1400. The van der Waals surface area contributed by atoms with Gasteiger partial charge in [0.1, 0.15) is 11.9 Å². The number of halogens is 1. The molecule has 0 saturated heterocycles. The van der Waals surface area contributed by atoms with Crippen molar-refractivity contribution < 1.29 is 31.9 Å². The monoisotopic (exact) mass is 541 g/mol. The molecule has 4 rings (SSSR count). The Morgan fingerprint density at radius 1 is 0.974 bits per heavy atom. The van der Waals surface area contributed by atoms with Crippen LogP contribution >= 0.6 is 0 Å². The lowest BCUT2D eigenvalue weighted by atomic mass is 10.0. The van der Waals surface area contributed by atoms with E-state index in [1.807, 2.05) is 0 Å². The lowest BCUT2D eigenvalue weighted by Gasteiger charge is -2.32. The van der Waals surface area contributed by atoms with Gasteiger partial charge >= 0.3 is 0 Å². The number of nitrogens with one attached hydrogen (secondary N) is 1. The molecule has 2 amide bonds. The van der Waals surface area contributed by atoms with Crippen LogP contribution in [0.5, 0.6) is 11.5 Å². The second-order valence-corrected chi connectivity index (χ2v) is 11.0. The van der Waals surface area contributed by atoms with E-state index in [2.05, 4.69) is 5.32 Å². The lowest BCUT2D eigenvalue weighted by Crippen LogP contribution is -2.47. The fourth-order valence-electron chi connectivity index (χ4n) is 3.95. The molecule has 1 aliphatic rings. The highest BCUT2D eigenvalue weighted by Crippen LogP contribution is 2.32. The van der Waals surface area contributed by atoms with Crippen molar-refractivity contribution in [2.24, 2.45) is 0 Å². The molecule has 0 aromatic heterocycles. The molecule has 1 atom stereocenters. The maximum Gasteiger partial charge on any atom is 0.247 e. The maximum atomic E-state index is 13.7. The molecule has 0 unspecified atom stereocenters. The van der Waals surface area contributed by atoms with Crippen molar-refractivity contribution in [1.29, 1.82) is 0 Å². The highest BCUT2D eigenvalue weighted by Gasteiger charge is 2.33. The van der Waals surface area contributed by atoms with Gasteiger partial charge in [-0.25, -0.2) is 12.8 Å². The molecule has 1 N–H and O–H groups in total. The quantitative estimate of drug-likeness (QED) is 0.423. The summed E-state index contributed by atoms with van der Waals surface area (Å²) in [7, 11) is -2.37. The summed E-state index contributed by atoms with van der Waals surface area (Å²) in [6, 6.07) is 18.5. The first-order valence-corrected chi connectivity index (χ1v) is 13.6. The van der Waals surface area contributed by atoms with Crippen molar-refractivity contribution >= 4 is 21.8 Å². The summed E-state index contributed by atoms with van der Waals surface area (Å²) in [5.74, 6) is -0.299. The summed E-state index contributed by atoms with van der Waals surface area (Å²) < 4.78 is 49.2. The standard InChI is InChI=1S/C27H28FN3O6S/c1-30(38(2,34)35)17-25(32)31(16-19-8-11-22(28)12-9-19)26(21-6-4-3-5-7-21)27(33)29-15-20-10-13-23-24(14-20)37-18-36-23/h3-14,26H,15-18H2,1-2H3,(H,29,33)/t26-/m0/s1. The van der Waals surface area contributed by atoms with Crippen molar-refractivity contribution in [1.82, 2.24) is 14.5 Å². The van der Waals surface area contributed by atoms with Crippen molar-refractivity contribution in [3.8, 4) is 11.5 Å². The SMILES string of the molecule is CN(CC(=O)N(Cc1ccc(F)cc1)[C@H](C(=O)NCc1ccc2c(c1)OCO2)c1ccccc1)S(C)(=O)=O. The summed E-state index contributed by atoms with van der Waals surface area (Å²) in [6.07, 6.45) is 0.997. The number of fused-ring (bicyclic) bond motifs is 1. The van der Waals surface area contributed by atoms with Gasteiger partial charge in [-0.1, -0.05) is 48.5 Å². The number of rotatable bonds is 10. The number of hydrogen-bond acceptors (Lipinski definition) is 6. The average molecular weight is 542 g/mol. The van der Waals surface area contributed by atoms with Crippen LogP contribution in [0.25, 0.3) is 0 Å². The first-order chi connectivity index (χ1) is 18.1. The van der Waals surface area contributed by atoms with Crippen LogP contribution < -0.4 is 14.8 Å². The molecule has 3 aromatic carbocycles. The minimum absolute atomic E-state index is 0.0479. The van der Waals surface area contributed by atoms with Gasteiger partial charge in [0.2, 0.25) is 28.6 Å². The molecule has 200 valence electrons. The third kappa shape index (κ3) is 6.67. The first-order valence-electron chi connectivity index (χ1n) is 11.8. The Hall–Kier alpha value is -3.96.